The Kier molecular flexibility index (Phi) is 4.42. The molecule has 0 bridgehead atoms. The van der Waals surface area contributed by atoms with E-state index in [0.717, 1.165) is 38.0 Å². The molecule has 0 radical (unpaired) electrons. The van der Waals surface area contributed by atoms with Crippen LogP contribution >= 0.6 is 11.6 Å². The molecule has 0 aromatic heterocycles. The van der Waals surface area contributed by atoms with Crippen LogP contribution in [0.2, 0.25) is 5.02 Å². The highest BCUT2D eigenvalue weighted by Crippen LogP contribution is 2.47. The first-order chi connectivity index (χ1) is 12.8. The Hall–Kier alpha value is -2.07. The number of rotatable bonds is 2. The molecule has 0 N–H and O–H groups in total. The van der Waals surface area contributed by atoms with Gasteiger partial charge in [0.2, 0.25) is 0 Å². The van der Waals surface area contributed by atoms with Crippen LogP contribution in [-0.2, 0) is 0 Å². The van der Waals surface area contributed by atoms with E-state index in [1.807, 2.05) is 12.1 Å². The first-order valence-electron chi connectivity index (χ1n) is 9.42. The molecule has 4 rings (SSSR count). The molecule has 1 unspecified atom stereocenters. The molecule has 1 amide bonds. The standard InChI is InChI=1S/C22H24ClFN2O/c1-21(2)14-22(15-26(21)19-10-8-18(24)9-11-19)12-3-13-25(22)20(27)16-4-6-17(23)7-5-16/h4-11H,3,12-15H2,1-2H3. The van der Waals surface area contributed by atoms with Gasteiger partial charge in [-0.25, -0.2) is 4.39 Å². The lowest BCUT2D eigenvalue weighted by Gasteiger charge is -2.35. The third kappa shape index (κ3) is 3.20. The van der Waals surface area contributed by atoms with Crippen molar-refractivity contribution < 1.29 is 9.18 Å². The van der Waals surface area contributed by atoms with Crippen LogP contribution in [0.15, 0.2) is 48.5 Å². The molecule has 2 aliphatic heterocycles. The van der Waals surface area contributed by atoms with Crippen LogP contribution in [0.5, 0.6) is 0 Å². The topological polar surface area (TPSA) is 23.6 Å². The van der Waals surface area contributed by atoms with Gasteiger partial charge in [-0.05, 0) is 81.6 Å². The average Bonchev–Trinajstić information content (AvgIpc) is 3.15. The van der Waals surface area contributed by atoms with Gasteiger partial charge in [-0.3, -0.25) is 4.79 Å². The molecule has 1 atom stereocenters. The van der Waals surface area contributed by atoms with E-state index in [2.05, 4.69) is 23.6 Å². The molecule has 27 heavy (non-hydrogen) atoms. The van der Waals surface area contributed by atoms with E-state index in [1.165, 1.54) is 12.1 Å². The fourth-order valence-corrected chi connectivity index (χ4v) is 5.00. The van der Waals surface area contributed by atoms with Gasteiger partial charge in [0.1, 0.15) is 5.82 Å². The zero-order valence-electron chi connectivity index (χ0n) is 15.7. The van der Waals surface area contributed by atoms with Crippen LogP contribution in [0.1, 0.15) is 43.5 Å². The maximum Gasteiger partial charge on any atom is 0.254 e. The first-order valence-corrected chi connectivity index (χ1v) is 9.79. The Morgan fingerprint density at radius 2 is 1.74 bits per heavy atom. The average molecular weight is 387 g/mol. The zero-order valence-corrected chi connectivity index (χ0v) is 16.5. The van der Waals surface area contributed by atoms with Gasteiger partial charge >= 0.3 is 0 Å². The summed E-state index contributed by atoms with van der Waals surface area (Å²) >= 11 is 5.97. The number of hydrogen-bond donors (Lipinski definition) is 0. The van der Waals surface area contributed by atoms with Crippen molar-refractivity contribution >= 4 is 23.2 Å². The van der Waals surface area contributed by atoms with Crippen LogP contribution in [-0.4, -0.2) is 35.0 Å². The van der Waals surface area contributed by atoms with Gasteiger partial charge in [0, 0.05) is 34.9 Å². The number of hydrogen-bond acceptors (Lipinski definition) is 2. The quantitative estimate of drug-likeness (QED) is 0.713. The second kappa shape index (κ2) is 6.52. The minimum atomic E-state index is -0.231. The van der Waals surface area contributed by atoms with E-state index in [1.54, 1.807) is 24.3 Å². The molecule has 5 heteroatoms. The van der Waals surface area contributed by atoms with Gasteiger partial charge in [0.15, 0.2) is 0 Å². The summed E-state index contributed by atoms with van der Waals surface area (Å²) in [5.41, 5.74) is 1.39. The Morgan fingerprint density at radius 1 is 1.07 bits per heavy atom. The number of benzene rings is 2. The molecule has 1 spiro atoms. The number of nitrogens with zero attached hydrogens (tertiary/aromatic N) is 2. The van der Waals surface area contributed by atoms with E-state index >= 15 is 0 Å². The number of halogens is 2. The van der Waals surface area contributed by atoms with Crippen LogP contribution in [0, 0.1) is 5.82 Å². The SMILES string of the molecule is CC1(C)CC2(CCCN2C(=O)c2ccc(Cl)cc2)CN1c1ccc(F)cc1. The maximum atomic E-state index is 13.4. The lowest BCUT2D eigenvalue weighted by molar-refractivity contribution is 0.0617. The Balaban J connectivity index is 1.64. The molecule has 2 aromatic carbocycles. The highest BCUT2D eigenvalue weighted by molar-refractivity contribution is 6.30. The molecular formula is C22H24ClFN2O. The van der Waals surface area contributed by atoms with Crippen LogP contribution in [0.3, 0.4) is 0 Å². The molecule has 2 heterocycles. The van der Waals surface area contributed by atoms with Crippen LogP contribution in [0.4, 0.5) is 10.1 Å². The molecule has 0 aliphatic carbocycles. The van der Waals surface area contributed by atoms with E-state index in [9.17, 15) is 9.18 Å². The second-order valence-corrected chi connectivity index (χ2v) is 8.78. The van der Waals surface area contributed by atoms with Gasteiger partial charge < -0.3 is 9.80 Å². The summed E-state index contributed by atoms with van der Waals surface area (Å²) in [6.45, 7) is 5.95. The normalized spacial score (nSPS) is 24.0. The number of amides is 1. The number of carbonyl (C=O) groups excluding carboxylic acids is 1. The van der Waals surface area contributed by atoms with E-state index < -0.39 is 0 Å². The molecule has 2 fully saturated rings. The lowest BCUT2D eigenvalue weighted by Crippen LogP contribution is -2.49. The zero-order chi connectivity index (χ0) is 19.2. The molecule has 3 nitrogen and oxygen atoms in total. The molecular weight excluding hydrogens is 363 g/mol. The van der Waals surface area contributed by atoms with Crippen molar-refractivity contribution in [3.05, 3.63) is 64.9 Å². The van der Waals surface area contributed by atoms with E-state index in [-0.39, 0.29) is 22.8 Å². The lowest BCUT2D eigenvalue weighted by atomic mass is 9.87. The highest BCUT2D eigenvalue weighted by Gasteiger charge is 2.54. The number of anilines is 1. The smallest absolute Gasteiger partial charge is 0.254 e. The van der Waals surface area contributed by atoms with Crippen molar-refractivity contribution in [3.63, 3.8) is 0 Å². The summed E-state index contributed by atoms with van der Waals surface area (Å²) < 4.78 is 13.4. The molecule has 0 saturated carbocycles. The Labute approximate surface area is 164 Å². The third-order valence-corrected chi connectivity index (χ3v) is 6.27. The van der Waals surface area contributed by atoms with Crippen LogP contribution in [0.25, 0.3) is 0 Å². The summed E-state index contributed by atoms with van der Waals surface area (Å²) in [5, 5.41) is 0.632. The van der Waals surface area contributed by atoms with E-state index in [0.29, 0.717) is 10.6 Å². The molecule has 2 saturated heterocycles. The van der Waals surface area contributed by atoms with Crippen molar-refractivity contribution in [3.8, 4) is 0 Å². The molecule has 2 aromatic rings. The predicted octanol–water partition coefficient (Wildman–Crippen LogP) is 5.14. The Bertz CT molecular complexity index is 850. The second-order valence-electron chi connectivity index (χ2n) is 8.34. The van der Waals surface area contributed by atoms with Crippen molar-refractivity contribution in [2.24, 2.45) is 0 Å². The summed E-state index contributed by atoms with van der Waals surface area (Å²) in [4.78, 5) is 17.6. The van der Waals surface area contributed by atoms with Gasteiger partial charge in [-0.15, -0.1) is 0 Å². The number of carbonyl (C=O) groups is 1. The van der Waals surface area contributed by atoms with Crippen molar-refractivity contribution in [2.75, 3.05) is 18.0 Å². The third-order valence-electron chi connectivity index (χ3n) is 6.02. The minimum Gasteiger partial charge on any atom is -0.364 e. The molecule has 2 aliphatic rings. The monoisotopic (exact) mass is 386 g/mol. The van der Waals surface area contributed by atoms with Crippen molar-refractivity contribution in [2.45, 2.75) is 44.2 Å². The van der Waals surface area contributed by atoms with Gasteiger partial charge in [0.25, 0.3) is 5.91 Å². The van der Waals surface area contributed by atoms with Crippen molar-refractivity contribution in [1.82, 2.24) is 4.90 Å². The summed E-state index contributed by atoms with van der Waals surface area (Å²) in [5.74, 6) is -0.160. The highest BCUT2D eigenvalue weighted by atomic mass is 35.5. The minimum absolute atomic E-state index is 0.0703. The summed E-state index contributed by atoms with van der Waals surface area (Å²) in [6, 6.07) is 13.8. The van der Waals surface area contributed by atoms with Gasteiger partial charge in [-0.1, -0.05) is 11.6 Å². The van der Waals surface area contributed by atoms with Gasteiger partial charge in [-0.2, -0.15) is 0 Å². The predicted molar refractivity (Wildman–Crippen MR) is 107 cm³/mol. The fraction of sp³-hybridized carbons (Fsp3) is 0.409. The first kappa shape index (κ1) is 18.3. The summed E-state index contributed by atoms with van der Waals surface area (Å²) in [6.07, 6.45) is 2.90. The van der Waals surface area contributed by atoms with Gasteiger partial charge in [0.05, 0.1) is 5.54 Å². The summed E-state index contributed by atoms with van der Waals surface area (Å²) in [7, 11) is 0. The fourth-order valence-electron chi connectivity index (χ4n) is 4.88. The number of likely N-dealkylation sites (tertiary alicyclic amines) is 1. The van der Waals surface area contributed by atoms with Crippen LogP contribution < -0.4 is 4.90 Å². The largest absolute Gasteiger partial charge is 0.364 e. The Morgan fingerprint density at radius 3 is 2.41 bits per heavy atom. The molecule has 142 valence electrons. The van der Waals surface area contributed by atoms with E-state index in [4.69, 9.17) is 11.6 Å². The van der Waals surface area contributed by atoms with Crippen molar-refractivity contribution in [1.29, 1.82) is 0 Å². The maximum absolute atomic E-state index is 13.4.